The Morgan fingerprint density at radius 2 is 1.30 bits per heavy atom. The Labute approximate surface area is 135 Å². The third-order valence-electron chi connectivity index (χ3n) is 3.70. The highest BCUT2D eigenvalue weighted by atomic mass is 32.2. The molecule has 1 aliphatic rings. The van der Waals surface area contributed by atoms with E-state index in [4.69, 9.17) is 0 Å². The molecule has 0 spiro atoms. The largest absolute Gasteiger partial charge is 0.239 e. The Morgan fingerprint density at radius 1 is 0.696 bits per heavy atom. The molecular formula is C19H14N2OS. The van der Waals surface area contributed by atoms with Gasteiger partial charge in [-0.3, -0.25) is 0 Å². The molecule has 0 saturated heterocycles. The lowest BCUT2D eigenvalue weighted by atomic mass is 10.2. The van der Waals surface area contributed by atoms with Crippen molar-refractivity contribution in [2.45, 2.75) is 9.79 Å². The van der Waals surface area contributed by atoms with Crippen LogP contribution in [0.25, 0.3) is 0 Å². The van der Waals surface area contributed by atoms with E-state index in [0.29, 0.717) is 15.6 Å². The number of para-hydroxylation sites is 1. The predicted octanol–water partition coefficient (Wildman–Crippen LogP) is 4.66. The van der Waals surface area contributed by atoms with Crippen molar-refractivity contribution in [2.75, 3.05) is 0 Å². The summed E-state index contributed by atoms with van der Waals surface area (Å²) in [4.78, 5) is 5.98. The van der Waals surface area contributed by atoms with Crippen molar-refractivity contribution in [3.8, 4) is 0 Å². The molecule has 4 rings (SSSR count). The molecule has 4 heteroatoms. The zero-order chi connectivity index (χ0) is 15.7. The first kappa shape index (κ1) is 13.9. The molecule has 1 aliphatic heterocycles. The molecule has 1 heterocycles. The van der Waals surface area contributed by atoms with Gasteiger partial charge in [-0.2, -0.15) is 4.36 Å². The Hall–Kier alpha value is -2.72. The van der Waals surface area contributed by atoms with Crippen molar-refractivity contribution in [2.24, 2.45) is 9.36 Å². The van der Waals surface area contributed by atoms with Crippen molar-refractivity contribution in [3.05, 3.63) is 90.5 Å². The van der Waals surface area contributed by atoms with Crippen LogP contribution in [0.4, 0.5) is 5.69 Å². The minimum absolute atomic E-state index is 0.512. The van der Waals surface area contributed by atoms with Crippen LogP contribution >= 0.6 is 0 Å². The fourth-order valence-corrected chi connectivity index (χ4v) is 4.61. The number of amidine groups is 1. The Morgan fingerprint density at radius 3 is 2.04 bits per heavy atom. The maximum Gasteiger partial charge on any atom is 0.170 e. The molecule has 0 unspecified atom stereocenters. The number of hydrogen-bond acceptors (Lipinski definition) is 3. The molecule has 1 atom stereocenters. The summed E-state index contributed by atoms with van der Waals surface area (Å²) in [6.07, 6.45) is 0. The van der Waals surface area contributed by atoms with Crippen LogP contribution in [-0.2, 0) is 9.73 Å². The summed E-state index contributed by atoms with van der Waals surface area (Å²) in [5.74, 6) is 0.512. The second kappa shape index (κ2) is 5.48. The molecule has 0 bridgehead atoms. The number of nitrogens with zero attached hydrogens (tertiary/aromatic N) is 2. The second-order valence-electron chi connectivity index (χ2n) is 5.20. The van der Waals surface area contributed by atoms with Gasteiger partial charge in [0.25, 0.3) is 0 Å². The molecule has 3 nitrogen and oxygen atoms in total. The highest BCUT2D eigenvalue weighted by molar-refractivity contribution is 7.94. The van der Waals surface area contributed by atoms with E-state index < -0.39 is 9.73 Å². The molecule has 3 aromatic carbocycles. The highest BCUT2D eigenvalue weighted by Crippen LogP contribution is 2.35. The van der Waals surface area contributed by atoms with E-state index in [1.165, 1.54) is 0 Å². The lowest BCUT2D eigenvalue weighted by molar-refractivity contribution is 0.676. The fraction of sp³-hybridized carbons (Fsp3) is 0. The smallest absolute Gasteiger partial charge is 0.170 e. The van der Waals surface area contributed by atoms with Crippen LogP contribution in [0.1, 0.15) is 5.56 Å². The molecule has 0 saturated carbocycles. The Kier molecular flexibility index (Phi) is 3.32. The lowest BCUT2D eigenvalue weighted by Gasteiger charge is -2.18. The Balaban J connectivity index is 2.03. The Bertz CT molecular complexity index is 1000. The SMILES string of the molecule is O=[S@@]1(c2ccccc2)=NC(c2ccccc2)=Nc2ccccc21. The molecule has 0 aliphatic carbocycles. The number of benzene rings is 3. The van der Waals surface area contributed by atoms with E-state index >= 15 is 0 Å². The van der Waals surface area contributed by atoms with Crippen molar-refractivity contribution in [1.82, 2.24) is 0 Å². The lowest BCUT2D eigenvalue weighted by Crippen LogP contribution is -2.11. The number of rotatable bonds is 2. The summed E-state index contributed by atoms with van der Waals surface area (Å²) >= 11 is 0. The van der Waals surface area contributed by atoms with E-state index in [9.17, 15) is 4.21 Å². The third-order valence-corrected chi connectivity index (χ3v) is 5.98. The number of fused-ring (bicyclic) bond motifs is 1. The van der Waals surface area contributed by atoms with Crippen LogP contribution in [0.2, 0.25) is 0 Å². The molecule has 0 fully saturated rings. The van der Waals surface area contributed by atoms with E-state index in [1.807, 2.05) is 84.9 Å². The quantitative estimate of drug-likeness (QED) is 0.677. The number of aliphatic imine (C=N–C) groups is 1. The van der Waals surface area contributed by atoms with Crippen LogP contribution < -0.4 is 0 Å². The third kappa shape index (κ3) is 2.37. The van der Waals surface area contributed by atoms with Gasteiger partial charge in [0, 0.05) is 5.56 Å². The first-order chi connectivity index (χ1) is 11.3. The van der Waals surface area contributed by atoms with E-state index in [0.717, 1.165) is 11.3 Å². The summed E-state index contributed by atoms with van der Waals surface area (Å²) < 4.78 is 18.3. The summed E-state index contributed by atoms with van der Waals surface area (Å²) in [6, 6.07) is 26.6. The monoisotopic (exact) mass is 318 g/mol. The van der Waals surface area contributed by atoms with Crippen molar-refractivity contribution >= 4 is 21.3 Å². The number of hydrogen-bond donors (Lipinski definition) is 0. The van der Waals surface area contributed by atoms with Gasteiger partial charge in [0.2, 0.25) is 0 Å². The molecule has 0 N–H and O–H groups in total. The molecule has 3 aromatic rings. The first-order valence-corrected chi connectivity index (χ1v) is 8.84. The second-order valence-corrected chi connectivity index (χ2v) is 7.34. The van der Waals surface area contributed by atoms with Crippen LogP contribution in [0.3, 0.4) is 0 Å². The van der Waals surface area contributed by atoms with Crippen LogP contribution in [0, 0.1) is 0 Å². The van der Waals surface area contributed by atoms with Gasteiger partial charge in [-0.1, -0.05) is 60.7 Å². The van der Waals surface area contributed by atoms with Crippen molar-refractivity contribution in [3.63, 3.8) is 0 Å². The van der Waals surface area contributed by atoms with Gasteiger partial charge in [-0.15, -0.1) is 0 Å². The van der Waals surface area contributed by atoms with Gasteiger partial charge in [0.1, 0.15) is 9.73 Å². The predicted molar refractivity (Wildman–Crippen MR) is 92.6 cm³/mol. The van der Waals surface area contributed by atoms with Gasteiger partial charge in [-0.25, -0.2) is 9.20 Å². The van der Waals surface area contributed by atoms with Crippen LogP contribution in [-0.4, -0.2) is 10.0 Å². The average molecular weight is 318 g/mol. The summed E-state index contributed by atoms with van der Waals surface area (Å²) in [5, 5.41) is 0. The van der Waals surface area contributed by atoms with E-state index in [-0.39, 0.29) is 0 Å². The van der Waals surface area contributed by atoms with Gasteiger partial charge in [-0.05, 0) is 24.3 Å². The topological polar surface area (TPSA) is 41.8 Å². The van der Waals surface area contributed by atoms with Gasteiger partial charge >= 0.3 is 0 Å². The van der Waals surface area contributed by atoms with Gasteiger partial charge in [0.15, 0.2) is 5.84 Å². The van der Waals surface area contributed by atoms with Crippen molar-refractivity contribution in [1.29, 1.82) is 0 Å². The van der Waals surface area contributed by atoms with E-state index in [1.54, 1.807) is 0 Å². The average Bonchev–Trinajstić information content (AvgIpc) is 2.63. The molecule has 0 radical (unpaired) electrons. The molecule has 0 amide bonds. The normalized spacial score (nSPS) is 19.4. The molecule has 112 valence electrons. The first-order valence-electron chi connectivity index (χ1n) is 7.33. The van der Waals surface area contributed by atoms with Crippen molar-refractivity contribution < 1.29 is 4.21 Å². The summed E-state index contributed by atoms with van der Waals surface area (Å²) in [7, 11) is -2.73. The zero-order valence-corrected chi connectivity index (χ0v) is 13.1. The zero-order valence-electron chi connectivity index (χ0n) is 12.3. The molecular weight excluding hydrogens is 304 g/mol. The van der Waals surface area contributed by atoms with Gasteiger partial charge in [0.05, 0.1) is 15.5 Å². The fourth-order valence-electron chi connectivity index (χ4n) is 2.58. The molecule has 23 heavy (non-hydrogen) atoms. The van der Waals surface area contributed by atoms with Crippen LogP contribution in [0.5, 0.6) is 0 Å². The maximum absolute atomic E-state index is 13.8. The van der Waals surface area contributed by atoms with Crippen LogP contribution in [0.15, 0.2) is 104 Å². The maximum atomic E-state index is 13.8. The highest BCUT2D eigenvalue weighted by Gasteiger charge is 2.24. The standard InChI is InChI=1S/C19H14N2OS/c22-23(16-11-5-2-6-12-16)18-14-8-7-13-17(18)20-19(21-23)15-9-3-1-4-10-15/h1-14H/t23-/m1/s1. The van der Waals surface area contributed by atoms with Gasteiger partial charge < -0.3 is 0 Å². The summed E-state index contributed by atoms with van der Waals surface area (Å²) in [6.45, 7) is 0. The summed E-state index contributed by atoms with van der Waals surface area (Å²) in [5.41, 5.74) is 1.58. The minimum atomic E-state index is -2.73. The van der Waals surface area contributed by atoms with E-state index in [2.05, 4.69) is 9.36 Å². The molecule has 0 aromatic heterocycles. The minimum Gasteiger partial charge on any atom is -0.239 e.